The van der Waals surface area contributed by atoms with Gasteiger partial charge in [0.25, 0.3) is 0 Å². The molecule has 0 aliphatic carbocycles. The van der Waals surface area contributed by atoms with Crippen LogP contribution in [0.4, 0.5) is 0 Å². The number of amides is 1. The summed E-state index contributed by atoms with van der Waals surface area (Å²) in [6.45, 7) is 6.16. The second-order valence-electron chi connectivity index (χ2n) is 5.64. The number of rotatable bonds is 7. The molecular weight excluding hydrogens is 286 g/mol. The fourth-order valence-electron chi connectivity index (χ4n) is 2.12. The molecule has 1 atom stereocenters. The van der Waals surface area contributed by atoms with E-state index in [9.17, 15) is 4.79 Å². The van der Waals surface area contributed by atoms with Crippen molar-refractivity contribution in [2.24, 2.45) is 5.73 Å². The summed E-state index contributed by atoms with van der Waals surface area (Å²) in [6.07, 6.45) is 0.409. The Balaban J connectivity index is 0.00000400. The van der Waals surface area contributed by atoms with Crippen LogP contribution in [0.25, 0.3) is 0 Å². The summed E-state index contributed by atoms with van der Waals surface area (Å²) in [5.41, 5.74) is 8.13. The fraction of sp³-hybridized carbons (Fsp3) is 0.562. The number of nitrogens with two attached hydrogens (primary N) is 1. The largest absolute Gasteiger partial charge is 0.339 e. The molecule has 1 aromatic rings. The second kappa shape index (κ2) is 9.77. The van der Waals surface area contributed by atoms with E-state index in [0.29, 0.717) is 19.5 Å². The summed E-state index contributed by atoms with van der Waals surface area (Å²) < 4.78 is 0. The molecule has 0 bridgehead atoms. The van der Waals surface area contributed by atoms with E-state index in [-0.39, 0.29) is 24.4 Å². The van der Waals surface area contributed by atoms with Crippen LogP contribution in [0.5, 0.6) is 0 Å². The summed E-state index contributed by atoms with van der Waals surface area (Å²) in [7, 11) is 4.11. The lowest BCUT2D eigenvalue weighted by Gasteiger charge is -2.22. The minimum atomic E-state index is -0.0842. The Morgan fingerprint density at radius 1 is 1.14 bits per heavy atom. The third-order valence-electron chi connectivity index (χ3n) is 3.13. The second-order valence-corrected chi connectivity index (χ2v) is 5.64. The predicted molar refractivity (Wildman–Crippen MR) is 90.4 cm³/mol. The molecule has 1 amide bonds. The van der Waals surface area contributed by atoms with Gasteiger partial charge in [0.15, 0.2) is 0 Å². The van der Waals surface area contributed by atoms with E-state index in [1.54, 1.807) is 0 Å². The van der Waals surface area contributed by atoms with Crippen molar-refractivity contribution in [2.45, 2.75) is 39.4 Å². The van der Waals surface area contributed by atoms with Crippen molar-refractivity contribution in [3.63, 3.8) is 0 Å². The van der Waals surface area contributed by atoms with Crippen LogP contribution in [0, 0.1) is 0 Å². The zero-order valence-corrected chi connectivity index (χ0v) is 14.3. The van der Waals surface area contributed by atoms with Gasteiger partial charge in [-0.2, -0.15) is 0 Å². The normalized spacial score (nSPS) is 11.9. The highest BCUT2D eigenvalue weighted by Gasteiger charge is 2.13. The third-order valence-corrected chi connectivity index (χ3v) is 3.13. The molecule has 1 aromatic carbocycles. The van der Waals surface area contributed by atoms with Gasteiger partial charge < -0.3 is 15.5 Å². The lowest BCUT2D eigenvalue weighted by atomic mass is 10.1. The van der Waals surface area contributed by atoms with Crippen LogP contribution < -0.4 is 5.73 Å². The Morgan fingerprint density at radius 3 is 2.00 bits per heavy atom. The molecule has 0 fully saturated rings. The molecule has 120 valence electrons. The van der Waals surface area contributed by atoms with Crippen molar-refractivity contribution in [3.05, 3.63) is 35.4 Å². The van der Waals surface area contributed by atoms with Crippen molar-refractivity contribution in [1.29, 1.82) is 0 Å². The van der Waals surface area contributed by atoms with Crippen LogP contribution >= 0.6 is 12.4 Å². The number of halogens is 1. The highest BCUT2D eigenvalue weighted by molar-refractivity contribution is 5.85. The van der Waals surface area contributed by atoms with Crippen LogP contribution in [0.15, 0.2) is 24.3 Å². The number of hydrogen-bond acceptors (Lipinski definition) is 3. The molecule has 4 nitrogen and oxygen atoms in total. The summed E-state index contributed by atoms with van der Waals surface area (Å²) >= 11 is 0. The first-order valence-electron chi connectivity index (χ1n) is 7.18. The molecule has 0 aliphatic rings. The van der Waals surface area contributed by atoms with Gasteiger partial charge in [-0.05, 0) is 39.1 Å². The molecule has 2 N–H and O–H groups in total. The molecule has 21 heavy (non-hydrogen) atoms. The lowest BCUT2D eigenvalue weighted by Crippen LogP contribution is -2.34. The molecular formula is C16H28ClN3O. The molecule has 0 radical (unpaired) electrons. The number of nitrogens with zero attached hydrogens (tertiary/aromatic N) is 2. The number of hydrogen-bond donors (Lipinski definition) is 1. The quantitative estimate of drug-likeness (QED) is 0.840. The Morgan fingerprint density at radius 2 is 1.62 bits per heavy atom. The van der Waals surface area contributed by atoms with Crippen LogP contribution in [0.1, 0.15) is 31.4 Å². The standard InChI is InChI=1S/C16H27N3O.ClH/c1-5-19(16(20)10-13(2)17)12-15-8-6-14(7-9-15)11-18(3)4;/h6-9,13H,5,10-12,17H2,1-4H3;1H. The average Bonchev–Trinajstić information content (AvgIpc) is 2.36. The molecule has 0 saturated heterocycles. The van der Waals surface area contributed by atoms with E-state index < -0.39 is 0 Å². The van der Waals surface area contributed by atoms with E-state index >= 15 is 0 Å². The molecule has 0 spiro atoms. The maximum Gasteiger partial charge on any atom is 0.224 e. The van der Waals surface area contributed by atoms with Crippen molar-refractivity contribution in [2.75, 3.05) is 20.6 Å². The van der Waals surface area contributed by atoms with Gasteiger partial charge in [-0.25, -0.2) is 0 Å². The molecule has 0 saturated carbocycles. The van der Waals surface area contributed by atoms with Gasteiger partial charge in [-0.3, -0.25) is 4.79 Å². The molecule has 1 rings (SSSR count). The fourth-order valence-corrected chi connectivity index (χ4v) is 2.12. The van der Waals surface area contributed by atoms with Gasteiger partial charge >= 0.3 is 0 Å². The molecule has 0 aliphatic heterocycles. The van der Waals surface area contributed by atoms with Crippen LogP contribution in [-0.2, 0) is 17.9 Å². The first-order chi connectivity index (χ1) is 9.42. The molecule has 0 heterocycles. The Bertz CT molecular complexity index is 418. The number of carbonyl (C=O) groups excluding carboxylic acids is 1. The van der Waals surface area contributed by atoms with Crippen molar-refractivity contribution < 1.29 is 4.79 Å². The van der Waals surface area contributed by atoms with Crippen molar-refractivity contribution >= 4 is 18.3 Å². The average molecular weight is 314 g/mol. The highest BCUT2D eigenvalue weighted by atomic mass is 35.5. The van der Waals surface area contributed by atoms with E-state index in [2.05, 4.69) is 43.3 Å². The monoisotopic (exact) mass is 313 g/mol. The summed E-state index contributed by atoms with van der Waals surface area (Å²) in [5, 5.41) is 0. The van der Waals surface area contributed by atoms with E-state index in [0.717, 1.165) is 12.1 Å². The third kappa shape index (κ3) is 7.46. The highest BCUT2D eigenvalue weighted by Crippen LogP contribution is 2.10. The Labute approximate surface area is 134 Å². The summed E-state index contributed by atoms with van der Waals surface area (Å²) in [4.78, 5) is 16.0. The molecule has 0 aromatic heterocycles. The minimum absolute atomic E-state index is 0. The van der Waals surface area contributed by atoms with Crippen LogP contribution in [0.2, 0.25) is 0 Å². The maximum atomic E-state index is 12.0. The minimum Gasteiger partial charge on any atom is -0.339 e. The lowest BCUT2D eigenvalue weighted by molar-refractivity contribution is -0.131. The number of benzene rings is 1. The SMILES string of the molecule is CCN(Cc1ccc(CN(C)C)cc1)C(=O)CC(C)N.Cl. The van der Waals surface area contributed by atoms with Crippen molar-refractivity contribution in [1.82, 2.24) is 9.80 Å². The first-order valence-corrected chi connectivity index (χ1v) is 7.18. The van der Waals surface area contributed by atoms with Crippen molar-refractivity contribution in [3.8, 4) is 0 Å². The van der Waals surface area contributed by atoms with Gasteiger partial charge in [0, 0.05) is 32.1 Å². The topological polar surface area (TPSA) is 49.6 Å². The Kier molecular flexibility index (Phi) is 9.26. The van der Waals surface area contributed by atoms with E-state index in [1.807, 2.05) is 18.7 Å². The van der Waals surface area contributed by atoms with Gasteiger partial charge in [-0.1, -0.05) is 24.3 Å². The van der Waals surface area contributed by atoms with E-state index in [4.69, 9.17) is 5.73 Å². The number of carbonyl (C=O) groups is 1. The summed E-state index contributed by atoms with van der Waals surface area (Å²) in [5.74, 6) is 0.125. The van der Waals surface area contributed by atoms with Gasteiger partial charge in [-0.15, -0.1) is 12.4 Å². The van der Waals surface area contributed by atoms with Crippen LogP contribution in [-0.4, -0.2) is 42.4 Å². The summed E-state index contributed by atoms with van der Waals surface area (Å²) in [6, 6.07) is 8.36. The van der Waals surface area contributed by atoms with Gasteiger partial charge in [0.05, 0.1) is 0 Å². The van der Waals surface area contributed by atoms with Gasteiger partial charge in [0.1, 0.15) is 0 Å². The predicted octanol–water partition coefficient (Wildman–Crippen LogP) is 2.26. The first kappa shape index (κ1) is 19.9. The van der Waals surface area contributed by atoms with Gasteiger partial charge in [0.2, 0.25) is 5.91 Å². The maximum absolute atomic E-state index is 12.0. The molecule has 1 unspecified atom stereocenters. The zero-order valence-electron chi connectivity index (χ0n) is 13.5. The molecule has 5 heteroatoms. The van der Waals surface area contributed by atoms with E-state index in [1.165, 1.54) is 5.56 Å². The Hall–Kier alpha value is -1.10. The van der Waals surface area contributed by atoms with Crippen LogP contribution in [0.3, 0.4) is 0 Å². The zero-order chi connectivity index (χ0) is 15.1. The smallest absolute Gasteiger partial charge is 0.224 e.